The van der Waals surface area contributed by atoms with Crippen molar-refractivity contribution >= 4 is 15.9 Å². The fraction of sp³-hybridized carbons (Fsp3) is 0.538. The monoisotopic (exact) mass is 303 g/mol. The van der Waals surface area contributed by atoms with Crippen LogP contribution in [0.5, 0.6) is 0 Å². The number of nitrogens with zero attached hydrogens (tertiary/aromatic N) is 1. The lowest BCUT2D eigenvalue weighted by molar-refractivity contribution is 0.187. The van der Waals surface area contributed by atoms with Gasteiger partial charge in [-0.15, -0.1) is 0 Å². The molecule has 0 N–H and O–H groups in total. The molecule has 94 valence electrons. The summed E-state index contributed by atoms with van der Waals surface area (Å²) in [7, 11) is 0. The number of hydrogen-bond acceptors (Lipinski definition) is 1. The zero-order chi connectivity index (χ0) is 12.3. The topological polar surface area (TPSA) is 3.24 Å². The number of benzene rings is 1. The molecule has 17 heavy (non-hydrogen) atoms. The molecule has 0 atom stereocenters. The van der Waals surface area contributed by atoms with E-state index in [2.05, 4.69) is 20.8 Å². The molecular weight excluding hydrogens is 288 g/mol. The van der Waals surface area contributed by atoms with Gasteiger partial charge in [-0.3, -0.25) is 4.90 Å². The lowest BCUT2D eigenvalue weighted by Gasteiger charge is -2.31. The third kappa shape index (κ3) is 3.75. The molecule has 1 fully saturated rings. The van der Waals surface area contributed by atoms with Crippen LogP contribution in [-0.4, -0.2) is 23.3 Å². The van der Waals surface area contributed by atoms with Crippen LogP contribution >= 0.6 is 15.9 Å². The molecular formula is C13H16BrF2N. The summed E-state index contributed by atoms with van der Waals surface area (Å²) in [6.45, 7) is 2.66. The van der Waals surface area contributed by atoms with E-state index in [1.165, 1.54) is 12.1 Å². The van der Waals surface area contributed by atoms with E-state index in [1.807, 2.05) is 0 Å². The minimum Gasteiger partial charge on any atom is -0.299 e. The van der Waals surface area contributed by atoms with Crippen molar-refractivity contribution in [1.29, 1.82) is 0 Å². The Morgan fingerprint density at radius 1 is 1.12 bits per heavy atom. The smallest absolute Gasteiger partial charge is 0.126 e. The highest BCUT2D eigenvalue weighted by molar-refractivity contribution is 9.09. The lowest BCUT2D eigenvalue weighted by atomic mass is 9.99. The Morgan fingerprint density at radius 2 is 1.71 bits per heavy atom. The zero-order valence-corrected chi connectivity index (χ0v) is 11.2. The van der Waals surface area contributed by atoms with Gasteiger partial charge in [0.15, 0.2) is 0 Å². The molecule has 1 saturated heterocycles. The summed E-state index contributed by atoms with van der Waals surface area (Å²) in [5.74, 6) is -0.235. The van der Waals surface area contributed by atoms with E-state index in [4.69, 9.17) is 0 Å². The van der Waals surface area contributed by atoms with Crippen LogP contribution in [0.25, 0.3) is 0 Å². The van der Waals surface area contributed by atoms with Gasteiger partial charge in [0, 0.05) is 17.9 Å². The number of rotatable bonds is 3. The fourth-order valence-electron chi connectivity index (χ4n) is 2.26. The van der Waals surface area contributed by atoms with Crippen molar-refractivity contribution in [3.8, 4) is 0 Å². The van der Waals surface area contributed by atoms with Gasteiger partial charge in [0.05, 0.1) is 0 Å². The first-order valence-electron chi connectivity index (χ1n) is 5.90. The molecule has 4 heteroatoms. The maximum absolute atomic E-state index is 13.0. The van der Waals surface area contributed by atoms with Crippen molar-refractivity contribution in [2.24, 2.45) is 5.92 Å². The van der Waals surface area contributed by atoms with Crippen molar-refractivity contribution in [2.75, 3.05) is 18.4 Å². The normalized spacial score (nSPS) is 18.5. The van der Waals surface area contributed by atoms with Gasteiger partial charge in [0.2, 0.25) is 0 Å². The number of piperidine rings is 1. The predicted molar refractivity (Wildman–Crippen MR) is 68.2 cm³/mol. The van der Waals surface area contributed by atoms with Crippen molar-refractivity contribution in [3.63, 3.8) is 0 Å². The van der Waals surface area contributed by atoms with Crippen LogP contribution < -0.4 is 0 Å². The highest BCUT2D eigenvalue weighted by atomic mass is 79.9. The first-order chi connectivity index (χ1) is 8.17. The van der Waals surface area contributed by atoms with E-state index in [9.17, 15) is 8.78 Å². The highest BCUT2D eigenvalue weighted by Gasteiger charge is 2.18. The average Bonchev–Trinajstić information content (AvgIpc) is 2.28. The van der Waals surface area contributed by atoms with Gasteiger partial charge >= 0.3 is 0 Å². The molecule has 1 nitrogen and oxygen atoms in total. The van der Waals surface area contributed by atoms with E-state index in [1.54, 1.807) is 0 Å². The minimum atomic E-state index is -0.490. The van der Waals surface area contributed by atoms with E-state index in [-0.39, 0.29) is 0 Å². The third-order valence-electron chi connectivity index (χ3n) is 3.25. The highest BCUT2D eigenvalue weighted by Crippen LogP contribution is 2.21. The summed E-state index contributed by atoms with van der Waals surface area (Å²) in [6.07, 6.45) is 2.31. The molecule has 0 spiro atoms. The first kappa shape index (κ1) is 13.0. The summed E-state index contributed by atoms with van der Waals surface area (Å²) in [6, 6.07) is 3.75. The summed E-state index contributed by atoms with van der Waals surface area (Å²) in [4.78, 5) is 2.26. The van der Waals surface area contributed by atoms with E-state index in [0.29, 0.717) is 6.54 Å². The molecule has 2 rings (SSSR count). The quantitative estimate of drug-likeness (QED) is 0.772. The molecule has 0 amide bonds. The summed E-state index contributed by atoms with van der Waals surface area (Å²) >= 11 is 3.50. The number of alkyl halides is 1. The van der Waals surface area contributed by atoms with Gasteiger partial charge in [-0.25, -0.2) is 8.78 Å². The van der Waals surface area contributed by atoms with Gasteiger partial charge in [-0.2, -0.15) is 0 Å². The Balaban J connectivity index is 1.93. The third-order valence-corrected chi connectivity index (χ3v) is 4.17. The Kier molecular flexibility index (Phi) is 4.51. The second-order valence-corrected chi connectivity index (χ2v) is 5.30. The number of likely N-dealkylation sites (tertiary alicyclic amines) is 1. The first-order valence-corrected chi connectivity index (χ1v) is 7.03. The van der Waals surface area contributed by atoms with Crippen LogP contribution in [0.2, 0.25) is 0 Å². The van der Waals surface area contributed by atoms with E-state index < -0.39 is 11.6 Å². The molecule has 0 aliphatic carbocycles. The Hall–Kier alpha value is -0.480. The summed E-state index contributed by atoms with van der Waals surface area (Å²) in [5.41, 5.74) is 0.722. The van der Waals surface area contributed by atoms with Crippen LogP contribution in [0.15, 0.2) is 18.2 Å². The predicted octanol–water partition coefficient (Wildman–Crippen LogP) is 3.57. The second kappa shape index (κ2) is 5.91. The van der Waals surface area contributed by atoms with Gasteiger partial charge in [-0.05, 0) is 49.5 Å². The fourth-order valence-corrected chi connectivity index (χ4v) is 2.91. The molecule has 1 aliphatic rings. The van der Waals surface area contributed by atoms with E-state index >= 15 is 0 Å². The molecule has 1 aromatic rings. The number of hydrogen-bond donors (Lipinski definition) is 0. The van der Waals surface area contributed by atoms with Crippen LogP contribution in [0.4, 0.5) is 8.78 Å². The van der Waals surface area contributed by atoms with E-state index in [0.717, 1.165) is 48.8 Å². The molecule has 1 aliphatic heterocycles. The summed E-state index contributed by atoms with van der Waals surface area (Å²) in [5, 5.41) is 1.05. The molecule has 0 unspecified atom stereocenters. The van der Waals surface area contributed by atoms with Gasteiger partial charge in [-0.1, -0.05) is 15.9 Å². The van der Waals surface area contributed by atoms with Crippen molar-refractivity contribution in [2.45, 2.75) is 19.4 Å². The average molecular weight is 304 g/mol. The lowest BCUT2D eigenvalue weighted by Crippen LogP contribution is -2.33. The largest absolute Gasteiger partial charge is 0.299 e. The molecule has 1 aromatic carbocycles. The molecule has 0 aromatic heterocycles. The number of halogens is 3. The maximum Gasteiger partial charge on any atom is 0.126 e. The van der Waals surface area contributed by atoms with Gasteiger partial charge < -0.3 is 0 Å². The zero-order valence-electron chi connectivity index (χ0n) is 9.63. The SMILES string of the molecule is Fc1cc(F)cc(CN2CCC(CBr)CC2)c1. The van der Waals surface area contributed by atoms with Crippen LogP contribution in [0.3, 0.4) is 0 Å². The standard InChI is InChI=1S/C13H16BrF2N/c14-8-10-1-3-17(4-2-10)9-11-5-12(15)7-13(16)6-11/h5-7,10H,1-4,8-9H2. The molecule has 0 saturated carbocycles. The van der Waals surface area contributed by atoms with Crippen molar-refractivity contribution in [1.82, 2.24) is 4.90 Å². The Labute approximate surface area is 109 Å². The van der Waals surface area contributed by atoms with Crippen LogP contribution in [0.1, 0.15) is 18.4 Å². The van der Waals surface area contributed by atoms with Gasteiger partial charge in [0.25, 0.3) is 0 Å². The van der Waals surface area contributed by atoms with Crippen molar-refractivity contribution in [3.05, 3.63) is 35.4 Å². The molecule has 0 radical (unpaired) electrons. The van der Waals surface area contributed by atoms with Crippen LogP contribution in [-0.2, 0) is 6.54 Å². The molecule has 1 heterocycles. The minimum absolute atomic E-state index is 0.490. The maximum atomic E-state index is 13.0. The Bertz CT molecular complexity index is 355. The van der Waals surface area contributed by atoms with Gasteiger partial charge in [0.1, 0.15) is 11.6 Å². The second-order valence-electron chi connectivity index (χ2n) is 4.65. The molecule has 0 bridgehead atoms. The van der Waals surface area contributed by atoms with Crippen LogP contribution in [0, 0.1) is 17.6 Å². The summed E-state index contributed by atoms with van der Waals surface area (Å²) < 4.78 is 26.1. The van der Waals surface area contributed by atoms with Crippen molar-refractivity contribution < 1.29 is 8.78 Å². The Morgan fingerprint density at radius 3 is 2.24 bits per heavy atom.